The van der Waals surface area contributed by atoms with Crippen LogP contribution in [0.5, 0.6) is 0 Å². The molecule has 80 valence electrons. The van der Waals surface area contributed by atoms with Gasteiger partial charge in [0.2, 0.25) is 0 Å². The number of carboxylic acid groups (broad SMARTS) is 1. The fourth-order valence-electron chi connectivity index (χ4n) is 2.09. The Morgan fingerprint density at radius 2 is 2.50 bits per heavy atom. The Bertz CT molecular complexity index is 215. The van der Waals surface area contributed by atoms with Crippen LogP contribution in [-0.4, -0.2) is 35.1 Å². The molecule has 0 spiro atoms. The Hall–Kier alpha value is -0.830. The lowest BCUT2D eigenvalue weighted by Crippen LogP contribution is -2.33. The fraction of sp³-hybridized carbons (Fsp3) is 0.727. The molecule has 14 heavy (non-hydrogen) atoms. The van der Waals surface area contributed by atoms with E-state index < -0.39 is 5.97 Å². The number of nitrogens with zero attached hydrogens (tertiary/aromatic N) is 1. The molecule has 0 amide bonds. The number of aliphatic carboxylic acids is 1. The van der Waals surface area contributed by atoms with Crippen LogP contribution in [0.1, 0.15) is 26.2 Å². The van der Waals surface area contributed by atoms with Crippen molar-refractivity contribution in [2.75, 3.05) is 13.1 Å². The molecule has 0 bridgehead atoms. The first-order chi connectivity index (χ1) is 6.69. The SMILES string of the molecule is C=CCC(CC)N1CC[C@H](C(=O)O)C1. The van der Waals surface area contributed by atoms with Crippen molar-refractivity contribution in [1.82, 2.24) is 4.90 Å². The smallest absolute Gasteiger partial charge is 0.307 e. The second kappa shape index (κ2) is 5.15. The molecule has 1 heterocycles. The molecule has 3 heteroatoms. The largest absolute Gasteiger partial charge is 0.481 e. The Balaban J connectivity index is 2.46. The zero-order chi connectivity index (χ0) is 10.6. The van der Waals surface area contributed by atoms with Crippen LogP contribution in [0, 0.1) is 5.92 Å². The van der Waals surface area contributed by atoms with Crippen molar-refractivity contribution in [1.29, 1.82) is 0 Å². The van der Waals surface area contributed by atoms with Crippen molar-refractivity contribution in [3.8, 4) is 0 Å². The van der Waals surface area contributed by atoms with E-state index in [1.54, 1.807) is 0 Å². The van der Waals surface area contributed by atoms with Gasteiger partial charge in [-0.25, -0.2) is 0 Å². The topological polar surface area (TPSA) is 40.5 Å². The molecule has 0 aromatic heterocycles. The standard InChI is InChI=1S/C11H19NO2/c1-3-5-10(4-2)12-7-6-9(8-12)11(13)14/h3,9-10H,1,4-8H2,2H3,(H,13,14)/t9-,10?/m0/s1. The molecule has 1 unspecified atom stereocenters. The summed E-state index contributed by atoms with van der Waals surface area (Å²) in [5.74, 6) is -0.810. The van der Waals surface area contributed by atoms with Crippen LogP contribution in [0.3, 0.4) is 0 Å². The maximum Gasteiger partial charge on any atom is 0.307 e. The summed E-state index contributed by atoms with van der Waals surface area (Å²) in [6.45, 7) is 7.50. The van der Waals surface area contributed by atoms with Crippen molar-refractivity contribution in [2.45, 2.75) is 32.2 Å². The number of hydrogen-bond acceptors (Lipinski definition) is 2. The summed E-state index contributed by atoms with van der Waals surface area (Å²) in [7, 11) is 0. The average Bonchev–Trinajstić information content (AvgIpc) is 2.63. The van der Waals surface area contributed by atoms with Gasteiger partial charge in [-0.05, 0) is 25.8 Å². The van der Waals surface area contributed by atoms with E-state index in [1.165, 1.54) is 0 Å². The third-order valence-electron chi connectivity index (χ3n) is 3.00. The van der Waals surface area contributed by atoms with Gasteiger partial charge < -0.3 is 5.11 Å². The summed E-state index contributed by atoms with van der Waals surface area (Å²) < 4.78 is 0. The van der Waals surface area contributed by atoms with Crippen LogP contribution in [0.2, 0.25) is 0 Å². The number of carbonyl (C=O) groups is 1. The van der Waals surface area contributed by atoms with E-state index in [2.05, 4.69) is 18.4 Å². The summed E-state index contributed by atoms with van der Waals surface area (Å²) in [5.41, 5.74) is 0. The lowest BCUT2D eigenvalue weighted by atomic mass is 10.1. The van der Waals surface area contributed by atoms with E-state index in [4.69, 9.17) is 5.11 Å². The monoisotopic (exact) mass is 197 g/mol. The van der Waals surface area contributed by atoms with E-state index in [1.807, 2.05) is 6.08 Å². The lowest BCUT2D eigenvalue weighted by Gasteiger charge is -2.25. The van der Waals surface area contributed by atoms with Gasteiger partial charge in [-0.15, -0.1) is 6.58 Å². The maximum atomic E-state index is 10.8. The highest BCUT2D eigenvalue weighted by Gasteiger charge is 2.30. The average molecular weight is 197 g/mol. The molecule has 0 aromatic rings. The van der Waals surface area contributed by atoms with Gasteiger partial charge in [-0.2, -0.15) is 0 Å². The minimum Gasteiger partial charge on any atom is -0.481 e. The summed E-state index contributed by atoms with van der Waals surface area (Å²) >= 11 is 0. The molecule has 0 aliphatic carbocycles. The summed E-state index contributed by atoms with van der Waals surface area (Å²) in [4.78, 5) is 13.0. The minimum absolute atomic E-state index is 0.158. The highest BCUT2D eigenvalue weighted by Crippen LogP contribution is 2.21. The normalized spacial score (nSPS) is 24.8. The van der Waals surface area contributed by atoms with Gasteiger partial charge in [-0.1, -0.05) is 13.0 Å². The fourth-order valence-corrected chi connectivity index (χ4v) is 2.09. The Morgan fingerprint density at radius 3 is 2.93 bits per heavy atom. The number of likely N-dealkylation sites (tertiary alicyclic amines) is 1. The van der Waals surface area contributed by atoms with Gasteiger partial charge in [0.05, 0.1) is 5.92 Å². The molecule has 0 aromatic carbocycles. The van der Waals surface area contributed by atoms with Crippen molar-refractivity contribution in [3.63, 3.8) is 0 Å². The summed E-state index contributed by atoms with van der Waals surface area (Å²) in [6, 6.07) is 0.483. The number of rotatable bonds is 5. The maximum absolute atomic E-state index is 10.8. The molecule has 0 saturated carbocycles. The highest BCUT2D eigenvalue weighted by atomic mass is 16.4. The summed E-state index contributed by atoms with van der Waals surface area (Å²) in [6.07, 6.45) is 4.74. The van der Waals surface area contributed by atoms with Crippen LogP contribution in [0.4, 0.5) is 0 Å². The van der Waals surface area contributed by atoms with Crippen molar-refractivity contribution in [2.24, 2.45) is 5.92 Å². The van der Waals surface area contributed by atoms with Crippen LogP contribution in [-0.2, 0) is 4.79 Å². The summed E-state index contributed by atoms with van der Waals surface area (Å²) in [5, 5.41) is 8.87. The Kier molecular flexibility index (Phi) is 4.14. The van der Waals surface area contributed by atoms with Gasteiger partial charge in [0.15, 0.2) is 0 Å². The van der Waals surface area contributed by atoms with Crippen molar-refractivity contribution in [3.05, 3.63) is 12.7 Å². The minimum atomic E-state index is -0.652. The molecule has 1 aliphatic rings. The second-order valence-corrected chi connectivity index (χ2v) is 3.91. The molecular weight excluding hydrogens is 178 g/mol. The molecule has 1 rings (SSSR count). The van der Waals surface area contributed by atoms with Gasteiger partial charge in [-0.3, -0.25) is 9.69 Å². The molecule has 3 nitrogen and oxygen atoms in total. The zero-order valence-corrected chi connectivity index (χ0v) is 8.78. The molecule has 0 radical (unpaired) electrons. The molecule has 1 N–H and O–H groups in total. The van der Waals surface area contributed by atoms with Gasteiger partial charge >= 0.3 is 5.97 Å². The van der Waals surface area contributed by atoms with Crippen LogP contribution >= 0.6 is 0 Å². The number of hydrogen-bond donors (Lipinski definition) is 1. The van der Waals surface area contributed by atoms with Gasteiger partial charge in [0.1, 0.15) is 0 Å². The van der Waals surface area contributed by atoms with Gasteiger partial charge in [0, 0.05) is 12.6 Å². The van der Waals surface area contributed by atoms with Gasteiger partial charge in [0.25, 0.3) is 0 Å². The molecule has 1 aliphatic heterocycles. The van der Waals surface area contributed by atoms with Crippen molar-refractivity contribution < 1.29 is 9.90 Å². The zero-order valence-electron chi connectivity index (χ0n) is 8.78. The molecular formula is C11H19NO2. The Labute approximate surface area is 85.4 Å². The first kappa shape index (κ1) is 11.2. The number of carboxylic acids is 1. The molecule has 1 fully saturated rings. The predicted molar refractivity (Wildman–Crippen MR) is 56.2 cm³/mol. The van der Waals surface area contributed by atoms with Crippen molar-refractivity contribution >= 4 is 5.97 Å². The van der Waals surface area contributed by atoms with Crippen LogP contribution in [0.25, 0.3) is 0 Å². The van der Waals surface area contributed by atoms with E-state index >= 15 is 0 Å². The predicted octanol–water partition coefficient (Wildman–Crippen LogP) is 1.75. The third kappa shape index (κ3) is 2.58. The lowest BCUT2D eigenvalue weighted by molar-refractivity contribution is -0.141. The van der Waals surface area contributed by atoms with Crippen LogP contribution in [0.15, 0.2) is 12.7 Å². The van der Waals surface area contributed by atoms with E-state index in [0.717, 1.165) is 25.8 Å². The second-order valence-electron chi connectivity index (χ2n) is 3.91. The van der Waals surface area contributed by atoms with E-state index in [-0.39, 0.29) is 5.92 Å². The first-order valence-corrected chi connectivity index (χ1v) is 5.26. The first-order valence-electron chi connectivity index (χ1n) is 5.26. The van der Waals surface area contributed by atoms with E-state index in [0.29, 0.717) is 12.6 Å². The Morgan fingerprint density at radius 1 is 1.79 bits per heavy atom. The highest BCUT2D eigenvalue weighted by molar-refractivity contribution is 5.70. The molecule has 2 atom stereocenters. The quantitative estimate of drug-likeness (QED) is 0.682. The third-order valence-corrected chi connectivity index (χ3v) is 3.00. The van der Waals surface area contributed by atoms with Crippen LogP contribution < -0.4 is 0 Å². The molecule has 1 saturated heterocycles. The van der Waals surface area contributed by atoms with E-state index in [9.17, 15) is 4.79 Å².